The van der Waals surface area contributed by atoms with Crippen LogP contribution in [0.5, 0.6) is 11.6 Å². The number of hydrogen-bond acceptors (Lipinski definition) is 3. The molecule has 98 valence electrons. The zero-order valence-corrected chi connectivity index (χ0v) is 11.4. The van der Waals surface area contributed by atoms with Gasteiger partial charge in [0.15, 0.2) is 0 Å². The first kappa shape index (κ1) is 13.6. The maximum Gasteiger partial charge on any atom is 0.337 e. The summed E-state index contributed by atoms with van der Waals surface area (Å²) in [7, 11) is 0. The van der Waals surface area contributed by atoms with Crippen LogP contribution in [-0.4, -0.2) is 16.1 Å². The predicted molar refractivity (Wildman–Crippen MR) is 72.5 cm³/mol. The van der Waals surface area contributed by atoms with E-state index in [9.17, 15) is 4.79 Å². The van der Waals surface area contributed by atoms with Gasteiger partial charge < -0.3 is 9.84 Å². The third-order valence-electron chi connectivity index (χ3n) is 2.36. The van der Waals surface area contributed by atoms with Gasteiger partial charge in [-0.05, 0) is 24.6 Å². The molecule has 0 amide bonds. The van der Waals surface area contributed by atoms with Gasteiger partial charge in [-0.2, -0.15) is 0 Å². The molecule has 1 aromatic heterocycles. The van der Waals surface area contributed by atoms with E-state index in [1.54, 1.807) is 12.1 Å². The first-order valence-corrected chi connectivity index (χ1v) is 6.06. The molecule has 2 aromatic rings. The van der Waals surface area contributed by atoms with Crippen LogP contribution in [0.2, 0.25) is 10.0 Å². The number of rotatable bonds is 3. The Morgan fingerprint density at radius 1 is 1.26 bits per heavy atom. The maximum absolute atomic E-state index is 11.0. The molecule has 0 radical (unpaired) electrons. The lowest BCUT2D eigenvalue weighted by atomic mass is 10.2. The molecule has 0 unspecified atom stereocenters. The Bertz CT molecular complexity index is 644. The Hall–Kier alpha value is -1.78. The van der Waals surface area contributed by atoms with Gasteiger partial charge >= 0.3 is 5.97 Å². The van der Waals surface area contributed by atoms with Crippen molar-refractivity contribution in [3.05, 3.63) is 51.6 Å². The molecule has 0 atom stereocenters. The summed E-state index contributed by atoms with van der Waals surface area (Å²) in [6.07, 6.45) is 1.23. The molecule has 4 nitrogen and oxygen atoms in total. The Labute approximate surface area is 119 Å². The number of aromatic nitrogens is 1. The highest BCUT2D eigenvalue weighted by Crippen LogP contribution is 2.30. The Kier molecular flexibility index (Phi) is 3.93. The van der Waals surface area contributed by atoms with Crippen LogP contribution in [0, 0.1) is 6.92 Å². The smallest absolute Gasteiger partial charge is 0.337 e. The van der Waals surface area contributed by atoms with E-state index in [1.165, 1.54) is 12.3 Å². The molecule has 0 saturated heterocycles. The molecule has 1 heterocycles. The van der Waals surface area contributed by atoms with Crippen molar-refractivity contribution in [2.24, 2.45) is 0 Å². The van der Waals surface area contributed by atoms with Crippen LogP contribution in [0.25, 0.3) is 0 Å². The standard InChI is InChI=1S/C13H9Cl2NO3/c1-7-2-3-9(14)11(4-7)19-12-5-8(13(17)18)10(15)6-16-12/h2-6H,1H3,(H,17,18). The molecule has 0 aliphatic carbocycles. The maximum atomic E-state index is 11.0. The molecule has 2 rings (SSSR count). The average Bonchev–Trinajstić information content (AvgIpc) is 2.36. The monoisotopic (exact) mass is 297 g/mol. The summed E-state index contributed by atoms with van der Waals surface area (Å²) in [5, 5.41) is 9.43. The lowest BCUT2D eigenvalue weighted by Gasteiger charge is -2.08. The lowest BCUT2D eigenvalue weighted by Crippen LogP contribution is -1.99. The van der Waals surface area contributed by atoms with E-state index in [4.69, 9.17) is 33.0 Å². The molecular formula is C13H9Cl2NO3. The molecule has 0 bridgehead atoms. The van der Waals surface area contributed by atoms with E-state index < -0.39 is 5.97 Å². The minimum absolute atomic E-state index is 0.0511. The highest BCUT2D eigenvalue weighted by Gasteiger charge is 2.12. The van der Waals surface area contributed by atoms with E-state index >= 15 is 0 Å². The topological polar surface area (TPSA) is 59.4 Å². The number of aromatic carboxylic acids is 1. The summed E-state index contributed by atoms with van der Waals surface area (Å²) in [5.74, 6) is -0.616. The molecule has 19 heavy (non-hydrogen) atoms. The zero-order chi connectivity index (χ0) is 14.0. The van der Waals surface area contributed by atoms with Gasteiger partial charge in [0.25, 0.3) is 0 Å². The molecule has 0 aliphatic heterocycles. The number of halogens is 2. The fourth-order valence-corrected chi connectivity index (χ4v) is 1.78. The van der Waals surface area contributed by atoms with Gasteiger partial charge in [-0.25, -0.2) is 9.78 Å². The van der Waals surface area contributed by atoms with Crippen LogP contribution in [0.1, 0.15) is 15.9 Å². The number of nitrogens with zero attached hydrogens (tertiary/aromatic N) is 1. The fourth-order valence-electron chi connectivity index (χ4n) is 1.44. The summed E-state index contributed by atoms with van der Waals surface area (Å²) in [6, 6.07) is 6.52. The van der Waals surface area contributed by atoms with Gasteiger partial charge in [-0.15, -0.1) is 0 Å². The number of benzene rings is 1. The van der Waals surface area contributed by atoms with Crippen LogP contribution in [0.4, 0.5) is 0 Å². The van der Waals surface area contributed by atoms with Gasteiger partial charge in [-0.1, -0.05) is 29.3 Å². The lowest BCUT2D eigenvalue weighted by molar-refractivity contribution is 0.0696. The molecule has 1 N–H and O–H groups in total. The minimum atomic E-state index is -1.15. The fraction of sp³-hybridized carbons (Fsp3) is 0.0769. The minimum Gasteiger partial charge on any atom is -0.478 e. The van der Waals surface area contributed by atoms with Crippen LogP contribution in [-0.2, 0) is 0 Å². The average molecular weight is 298 g/mol. The molecule has 0 fully saturated rings. The van der Waals surface area contributed by atoms with Crippen molar-refractivity contribution >= 4 is 29.2 Å². The van der Waals surface area contributed by atoms with E-state index in [-0.39, 0.29) is 16.5 Å². The number of pyridine rings is 1. The highest BCUT2D eigenvalue weighted by molar-refractivity contribution is 6.33. The number of aryl methyl sites for hydroxylation is 1. The van der Waals surface area contributed by atoms with Crippen molar-refractivity contribution in [2.45, 2.75) is 6.92 Å². The third-order valence-corrected chi connectivity index (χ3v) is 2.98. The van der Waals surface area contributed by atoms with Gasteiger partial charge in [0.05, 0.1) is 21.8 Å². The summed E-state index contributed by atoms with van der Waals surface area (Å²) >= 11 is 11.7. The molecule has 0 saturated carbocycles. The SMILES string of the molecule is Cc1ccc(Cl)c(Oc2cc(C(=O)O)c(Cl)cn2)c1. The van der Waals surface area contributed by atoms with Crippen molar-refractivity contribution in [1.29, 1.82) is 0 Å². The first-order valence-electron chi connectivity index (χ1n) is 5.30. The normalized spacial score (nSPS) is 10.3. The van der Waals surface area contributed by atoms with Crippen molar-refractivity contribution < 1.29 is 14.6 Å². The van der Waals surface area contributed by atoms with Crippen LogP contribution < -0.4 is 4.74 Å². The second kappa shape index (κ2) is 5.47. The number of carboxylic acid groups (broad SMARTS) is 1. The van der Waals surface area contributed by atoms with Crippen LogP contribution in [0.3, 0.4) is 0 Å². The zero-order valence-electron chi connectivity index (χ0n) is 9.85. The van der Waals surface area contributed by atoms with E-state index in [2.05, 4.69) is 4.98 Å². The highest BCUT2D eigenvalue weighted by atomic mass is 35.5. The Morgan fingerprint density at radius 3 is 2.68 bits per heavy atom. The van der Waals surface area contributed by atoms with Gasteiger partial charge in [0.2, 0.25) is 5.88 Å². The van der Waals surface area contributed by atoms with Crippen LogP contribution in [0.15, 0.2) is 30.5 Å². The molecule has 1 aromatic carbocycles. The predicted octanol–water partition coefficient (Wildman–Crippen LogP) is 4.19. The van der Waals surface area contributed by atoms with Crippen molar-refractivity contribution in [2.75, 3.05) is 0 Å². The van der Waals surface area contributed by atoms with Crippen molar-refractivity contribution in [1.82, 2.24) is 4.98 Å². The van der Waals surface area contributed by atoms with E-state index in [0.717, 1.165) is 5.56 Å². The summed E-state index contributed by atoms with van der Waals surface area (Å²) in [6.45, 7) is 1.89. The molecular weight excluding hydrogens is 289 g/mol. The number of carbonyl (C=O) groups is 1. The largest absolute Gasteiger partial charge is 0.478 e. The summed E-state index contributed by atoms with van der Waals surface area (Å²) in [5.41, 5.74) is 0.891. The first-order chi connectivity index (χ1) is 8.97. The van der Waals surface area contributed by atoms with Gasteiger partial charge in [0.1, 0.15) is 5.75 Å². The second-order valence-electron chi connectivity index (χ2n) is 3.84. The number of carboxylic acids is 1. The Morgan fingerprint density at radius 2 is 2.00 bits per heavy atom. The van der Waals surface area contributed by atoms with Crippen molar-refractivity contribution in [3.63, 3.8) is 0 Å². The van der Waals surface area contributed by atoms with Gasteiger partial charge in [-0.3, -0.25) is 0 Å². The third kappa shape index (κ3) is 3.16. The number of ether oxygens (including phenoxy) is 1. The van der Waals surface area contributed by atoms with E-state index in [1.807, 2.05) is 13.0 Å². The molecule has 6 heteroatoms. The van der Waals surface area contributed by atoms with Crippen LogP contribution >= 0.6 is 23.2 Å². The molecule has 0 spiro atoms. The molecule has 0 aliphatic rings. The summed E-state index contributed by atoms with van der Waals surface area (Å²) < 4.78 is 5.47. The van der Waals surface area contributed by atoms with Crippen molar-refractivity contribution in [3.8, 4) is 11.6 Å². The summed E-state index contributed by atoms with van der Waals surface area (Å²) in [4.78, 5) is 14.9. The van der Waals surface area contributed by atoms with Gasteiger partial charge in [0, 0.05) is 6.07 Å². The van der Waals surface area contributed by atoms with E-state index in [0.29, 0.717) is 10.8 Å². The Balaban J connectivity index is 2.36. The second-order valence-corrected chi connectivity index (χ2v) is 4.66. The number of hydrogen-bond donors (Lipinski definition) is 1. The quantitative estimate of drug-likeness (QED) is 0.923.